The fourth-order valence-corrected chi connectivity index (χ4v) is 4.93. The Bertz CT molecular complexity index is 684. The van der Waals surface area contributed by atoms with Gasteiger partial charge < -0.3 is 10.1 Å². The second-order valence-electron chi connectivity index (χ2n) is 7.57. The number of benzene rings is 1. The number of nitrogens with one attached hydrogen (secondary N) is 1. The molecule has 0 aliphatic heterocycles. The summed E-state index contributed by atoms with van der Waals surface area (Å²) in [5.74, 6) is 0.532. The van der Waals surface area contributed by atoms with E-state index in [-0.39, 0.29) is 16.9 Å². The molecule has 1 heterocycles. The number of aromatic nitrogens is 1. The topological polar surface area (TPSA) is 36.0 Å². The van der Waals surface area contributed by atoms with Crippen molar-refractivity contribution in [3.63, 3.8) is 0 Å². The number of para-hydroxylation sites is 1. The lowest BCUT2D eigenvalue weighted by Crippen LogP contribution is -2.50. The minimum absolute atomic E-state index is 0.00599. The van der Waals surface area contributed by atoms with Crippen LogP contribution in [0.15, 0.2) is 24.3 Å². The lowest BCUT2D eigenvalue weighted by molar-refractivity contribution is -0.0601. The van der Waals surface area contributed by atoms with Crippen molar-refractivity contribution in [1.82, 2.24) is 4.98 Å². The number of hydrogen-bond acceptors (Lipinski definition) is 1. The quantitative estimate of drug-likeness (QED) is 0.750. The van der Waals surface area contributed by atoms with Crippen LogP contribution in [0.3, 0.4) is 0 Å². The van der Waals surface area contributed by atoms with Crippen LogP contribution >= 0.6 is 0 Å². The molecule has 2 aromatic rings. The maximum Gasteiger partial charge on any atom is 0.0594 e. The van der Waals surface area contributed by atoms with E-state index in [1.165, 1.54) is 22.2 Å². The zero-order valence-electron chi connectivity index (χ0n) is 12.5. The van der Waals surface area contributed by atoms with Crippen LogP contribution in [-0.2, 0) is 11.8 Å². The van der Waals surface area contributed by atoms with Crippen molar-refractivity contribution in [2.45, 2.75) is 51.6 Å². The second-order valence-corrected chi connectivity index (χ2v) is 7.57. The third-order valence-electron chi connectivity index (χ3n) is 6.26. The Morgan fingerprint density at radius 2 is 1.95 bits per heavy atom. The summed E-state index contributed by atoms with van der Waals surface area (Å²) in [7, 11) is 0. The molecule has 0 unspecified atom stereocenters. The van der Waals surface area contributed by atoms with Crippen LogP contribution in [0.1, 0.15) is 44.9 Å². The molecule has 0 amide bonds. The number of hydrogen-bond donors (Lipinski definition) is 2. The van der Waals surface area contributed by atoms with Crippen molar-refractivity contribution in [1.29, 1.82) is 0 Å². The Balaban J connectivity index is 1.92. The molecule has 2 heteroatoms. The summed E-state index contributed by atoms with van der Waals surface area (Å²) < 4.78 is 0. The summed E-state index contributed by atoms with van der Waals surface area (Å²) in [6, 6.07) is 8.63. The molecule has 1 saturated carbocycles. The van der Waals surface area contributed by atoms with Gasteiger partial charge in [-0.15, -0.1) is 0 Å². The number of H-pyrrole nitrogens is 1. The van der Waals surface area contributed by atoms with Gasteiger partial charge in [-0.1, -0.05) is 39.0 Å². The van der Waals surface area contributed by atoms with Crippen molar-refractivity contribution in [2.24, 2.45) is 11.3 Å². The molecule has 0 spiro atoms. The van der Waals surface area contributed by atoms with Crippen LogP contribution in [0, 0.1) is 11.3 Å². The van der Waals surface area contributed by atoms with Crippen LogP contribution in [0.4, 0.5) is 0 Å². The zero-order valence-corrected chi connectivity index (χ0v) is 12.5. The Kier molecular flexibility index (Phi) is 2.29. The van der Waals surface area contributed by atoms with Gasteiger partial charge in [0.15, 0.2) is 0 Å². The Morgan fingerprint density at radius 3 is 2.75 bits per heavy atom. The van der Waals surface area contributed by atoms with E-state index in [1.807, 2.05) is 0 Å². The fraction of sp³-hybridized carbons (Fsp3) is 0.556. The molecule has 106 valence electrons. The molecule has 0 radical (unpaired) electrons. The highest BCUT2D eigenvalue weighted by molar-refractivity contribution is 5.86. The highest BCUT2D eigenvalue weighted by Crippen LogP contribution is 2.58. The Hall–Kier alpha value is -1.28. The Labute approximate surface area is 120 Å². The molecule has 1 fully saturated rings. The smallest absolute Gasteiger partial charge is 0.0594 e. The number of aromatic amines is 1. The molecule has 1 aromatic heterocycles. The van der Waals surface area contributed by atoms with Crippen molar-refractivity contribution in [2.75, 3.05) is 0 Å². The second kappa shape index (κ2) is 3.67. The van der Waals surface area contributed by atoms with Crippen LogP contribution in [0.2, 0.25) is 0 Å². The lowest BCUT2D eigenvalue weighted by atomic mass is 9.56. The summed E-state index contributed by atoms with van der Waals surface area (Å²) in [4.78, 5) is 3.69. The maximum atomic E-state index is 10.4. The summed E-state index contributed by atoms with van der Waals surface area (Å²) in [6.07, 6.45) is 2.92. The molecule has 4 rings (SSSR count). The largest absolute Gasteiger partial charge is 0.393 e. The van der Waals surface area contributed by atoms with Gasteiger partial charge in [-0.05, 0) is 42.2 Å². The minimum atomic E-state index is -0.171. The van der Waals surface area contributed by atoms with Gasteiger partial charge in [0, 0.05) is 22.0 Å². The fourth-order valence-electron chi connectivity index (χ4n) is 4.93. The van der Waals surface area contributed by atoms with E-state index < -0.39 is 0 Å². The standard InChI is InChI=1S/C18H23NO/c1-17(2)14-10-12-11-6-4-5-7-13(11)19-16(12)18(14,3)9-8-15(17)20/h4-7,14-15,19-20H,8-10H2,1-3H3/t14-,15-,18-/m0/s1. The van der Waals surface area contributed by atoms with Gasteiger partial charge >= 0.3 is 0 Å². The molecule has 20 heavy (non-hydrogen) atoms. The summed E-state index contributed by atoms with van der Waals surface area (Å²) in [5.41, 5.74) is 4.38. The molecule has 2 aliphatic rings. The molecular weight excluding hydrogens is 246 g/mol. The maximum absolute atomic E-state index is 10.4. The van der Waals surface area contributed by atoms with Gasteiger partial charge in [-0.3, -0.25) is 0 Å². The first kappa shape index (κ1) is 12.5. The van der Waals surface area contributed by atoms with E-state index in [0.29, 0.717) is 5.92 Å². The summed E-state index contributed by atoms with van der Waals surface area (Å²) in [6.45, 7) is 6.88. The number of aliphatic hydroxyl groups is 1. The molecular formula is C18H23NO. The molecule has 2 N–H and O–H groups in total. The summed E-state index contributed by atoms with van der Waals surface area (Å²) in [5, 5.41) is 11.8. The van der Waals surface area contributed by atoms with Crippen molar-refractivity contribution >= 4 is 10.9 Å². The van der Waals surface area contributed by atoms with E-state index in [0.717, 1.165) is 19.3 Å². The van der Waals surface area contributed by atoms with Crippen LogP contribution in [-0.4, -0.2) is 16.2 Å². The first-order valence-corrected chi connectivity index (χ1v) is 7.73. The van der Waals surface area contributed by atoms with Gasteiger partial charge in [-0.2, -0.15) is 0 Å². The zero-order chi connectivity index (χ0) is 14.1. The van der Waals surface area contributed by atoms with E-state index in [2.05, 4.69) is 50.0 Å². The molecule has 0 bridgehead atoms. The average Bonchev–Trinajstić information content (AvgIpc) is 2.92. The third kappa shape index (κ3) is 1.33. The van der Waals surface area contributed by atoms with Gasteiger partial charge in [0.1, 0.15) is 0 Å². The SMILES string of the molecule is CC1(C)[C@@H](O)CC[C@]2(C)c3[nH]c4ccccc4c3C[C@@H]12. The number of aliphatic hydroxyl groups excluding tert-OH is 1. The van der Waals surface area contributed by atoms with Crippen molar-refractivity contribution < 1.29 is 5.11 Å². The lowest BCUT2D eigenvalue weighted by Gasteiger charge is -2.50. The minimum Gasteiger partial charge on any atom is -0.393 e. The van der Waals surface area contributed by atoms with Gasteiger partial charge in [0.05, 0.1) is 6.10 Å². The first-order chi connectivity index (χ1) is 9.44. The highest BCUT2D eigenvalue weighted by Gasteiger charge is 2.56. The average molecular weight is 269 g/mol. The normalized spacial score (nSPS) is 35.0. The van der Waals surface area contributed by atoms with E-state index in [9.17, 15) is 5.11 Å². The van der Waals surface area contributed by atoms with E-state index in [4.69, 9.17) is 0 Å². The van der Waals surface area contributed by atoms with E-state index >= 15 is 0 Å². The molecule has 2 aliphatic carbocycles. The third-order valence-corrected chi connectivity index (χ3v) is 6.26. The van der Waals surface area contributed by atoms with Crippen molar-refractivity contribution in [3.8, 4) is 0 Å². The number of fused-ring (bicyclic) bond motifs is 5. The van der Waals surface area contributed by atoms with Crippen LogP contribution < -0.4 is 0 Å². The Morgan fingerprint density at radius 1 is 1.20 bits per heavy atom. The molecule has 0 saturated heterocycles. The predicted molar refractivity (Wildman–Crippen MR) is 81.9 cm³/mol. The van der Waals surface area contributed by atoms with E-state index in [1.54, 1.807) is 0 Å². The summed E-state index contributed by atoms with van der Waals surface area (Å²) >= 11 is 0. The number of rotatable bonds is 0. The van der Waals surface area contributed by atoms with Gasteiger partial charge in [0.25, 0.3) is 0 Å². The van der Waals surface area contributed by atoms with Gasteiger partial charge in [0.2, 0.25) is 0 Å². The predicted octanol–water partition coefficient (Wildman–Crippen LogP) is 3.78. The van der Waals surface area contributed by atoms with Crippen LogP contribution in [0.25, 0.3) is 10.9 Å². The monoisotopic (exact) mass is 269 g/mol. The van der Waals surface area contributed by atoms with Crippen LogP contribution in [0.5, 0.6) is 0 Å². The highest BCUT2D eigenvalue weighted by atomic mass is 16.3. The molecule has 1 aromatic carbocycles. The molecule has 2 nitrogen and oxygen atoms in total. The van der Waals surface area contributed by atoms with Crippen molar-refractivity contribution in [3.05, 3.63) is 35.5 Å². The first-order valence-electron chi connectivity index (χ1n) is 7.73. The van der Waals surface area contributed by atoms with Gasteiger partial charge in [-0.25, -0.2) is 0 Å². The molecule has 3 atom stereocenters.